The Bertz CT molecular complexity index is 607. The highest BCUT2D eigenvalue weighted by Crippen LogP contribution is 2.44. The topological polar surface area (TPSA) is 54.9 Å². The summed E-state index contributed by atoms with van der Waals surface area (Å²) in [4.78, 5) is 21.3. The van der Waals surface area contributed by atoms with Gasteiger partial charge in [-0.15, -0.1) is 0 Å². The Morgan fingerprint density at radius 1 is 1.04 bits per heavy atom. The summed E-state index contributed by atoms with van der Waals surface area (Å²) in [5.41, 5.74) is 3.57. The first kappa shape index (κ1) is 15.4. The average Bonchev–Trinajstić information content (AvgIpc) is 2.94. The number of nitrogens with zero attached hydrogens (tertiary/aromatic N) is 2. The number of aromatic nitrogens is 2. The van der Waals surface area contributed by atoms with Crippen molar-refractivity contribution < 1.29 is 4.79 Å². The fraction of sp³-hybridized carbons (Fsp3) is 0.722. The summed E-state index contributed by atoms with van der Waals surface area (Å²) in [6.07, 6.45) is 11.2. The van der Waals surface area contributed by atoms with Crippen molar-refractivity contribution in [2.24, 2.45) is 5.92 Å². The number of nitrogens with one attached hydrogen (secondary N) is 1. The van der Waals surface area contributed by atoms with E-state index in [1.807, 2.05) is 0 Å². The van der Waals surface area contributed by atoms with E-state index in [1.165, 1.54) is 24.8 Å². The molecule has 0 aliphatic heterocycles. The molecule has 23 heavy (non-hydrogen) atoms. The second kappa shape index (κ2) is 6.39. The van der Waals surface area contributed by atoms with Crippen LogP contribution in [0.3, 0.4) is 0 Å². The Morgan fingerprint density at radius 2 is 1.83 bits per heavy atom. The van der Waals surface area contributed by atoms with Gasteiger partial charge in [0.25, 0.3) is 0 Å². The first-order valence-corrected chi connectivity index (χ1v) is 9.44. The molecule has 0 saturated heterocycles. The summed E-state index contributed by atoms with van der Waals surface area (Å²) in [6.45, 7) is 0. The summed E-state index contributed by atoms with van der Waals surface area (Å²) in [5, 5.41) is 3.63. The molecule has 0 atom stereocenters. The number of rotatable bonds is 3. The van der Waals surface area contributed by atoms with E-state index in [-0.39, 0.29) is 11.8 Å². The van der Waals surface area contributed by atoms with Gasteiger partial charge in [0.2, 0.25) is 11.2 Å². The fourth-order valence-electron chi connectivity index (χ4n) is 4.39. The van der Waals surface area contributed by atoms with Gasteiger partial charge in [-0.25, -0.2) is 9.97 Å². The molecule has 4 nitrogen and oxygen atoms in total. The lowest BCUT2D eigenvalue weighted by atomic mass is 9.71. The van der Waals surface area contributed by atoms with Crippen molar-refractivity contribution in [2.75, 3.05) is 0 Å². The van der Waals surface area contributed by atoms with Gasteiger partial charge in [-0.1, -0.05) is 19.3 Å². The highest BCUT2D eigenvalue weighted by atomic mass is 35.5. The predicted molar refractivity (Wildman–Crippen MR) is 89.5 cm³/mol. The predicted octanol–water partition coefficient (Wildman–Crippen LogP) is 3.56. The molecule has 1 amide bonds. The monoisotopic (exact) mass is 333 g/mol. The van der Waals surface area contributed by atoms with Gasteiger partial charge in [-0.3, -0.25) is 4.79 Å². The van der Waals surface area contributed by atoms with Crippen molar-refractivity contribution in [3.63, 3.8) is 0 Å². The van der Waals surface area contributed by atoms with Crippen LogP contribution < -0.4 is 5.32 Å². The smallest absolute Gasteiger partial charge is 0.223 e. The average molecular weight is 334 g/mol. The number of amides is 1. The molecule has 124 valence electrons. The van der Waals surface area contributed by atoms with E-state index < -0.39 is 0 Å². The quantitative estimate of drug-likeness (QED) is 0.860. The fourth-order valence-corrected chi connectivity index (χ4v) is 4.58. The molecule has 2 fully saturated rings. The first-order chi connectivity index (χ1) is 11.2. The van der Waals surface area contributed by atoms with Crippen molar-refractivity contribution in [3.05, 3.63) is 22.2 Å². The molecule has 3 aliphatic carbocycles. The zero-order valence-corrected chi connectivity index (χ0v) is 14.2. The maximum absolute atomic E-state index is 12.4. The standard InChI is InChI=1S/C18H24ClN3O/c19-18-21-15-8-4-7-14(15)16(22-18)11-9-12(10-11)17(23)20-13-5-2-1-3-6-13/h11-13H,1-10H2,(H,20,23). The van der Waals surface area contributed by atoms with Gasteiger partial charge >= 0.3 is 0 Å². The van der Waals surface area contributed by atoms with Gasteiger partial charge in [-0.05, 0) is 62.1 Å². The summed E-state index contributed by atoms with van der Waals surface area (Å²) in [6, 6.07) is 0.410. The zero-order chi connectivity index (χ0) is 15.8. The molecule has 4 rings (SSSR count). The lowest BCUT2D eigenvalue weighted by Crippen LogP contribution is -2.43. The van der Waals surface area contributed by atoms with Crippen LogP contribution in [0.4, 0.5) is 0 Å². The van der Waals surface area contributed by atoms with Crippen LogP contribution in [0.5, 0.6) is 0 Å². The lowest BCUT2D eigenvalue weighted by Gasteiger charge is -2.36. The molecule has 1 aromatic rings. The molecular weight excluding hydrogens is 310 g/mol. The number of fused-ring (bicyclic) bond motifs is 1. The maximum Gasteiger partial charge on any atom is 0.223 e. The van der Waals surface area contributed by atoms with E-state index in [0.717, 1.165) is 56.3 Å². The van der Waals surface area contributed by atoms with Gasteiger partial charge in [-0.2, -0.15) is 0 Å². The Labute approximate surface area is 142 Å². The highest BCUT2D eigenvalue weighted by molar-refractivity contribution is 6.28. The van der Waals surface area contributed by atoms with Crippen molar-refractivity contribution in [1.29, 1.82) is 0 Å². The maximum atomic E-state index is 12.4. The van der Waals surface area contributed by atoms with Crippen LogP contribution >= 0.6 is 11.6 Å². The van der Waals surface area contributed by atoms with E-state index in [9.17, 15) is 4.79 Å². The van der Waals surface area contributed by atoms with Gasteiger partial charge in [0.05, 0.1) is 5.69 Å². The van der Waals surface area contributed by atoms with Crippen LogP contribution in [0.1, 0.15) is 74.2 Å². The molecule has 0 unspecified atom stereocenters. The van der Waals surface area contributed by atoms with Gasteiger partial charge < -0.3 is 5.32 Å². The molecule has 0 bridgehead atoms. The molecule has 3 aliphatic rings. The molecule has 0 spiro atoms. The number of carbonyl (C=O) groups is 1. The Morgan fingerprint density at radius 3 is 2.61 bits per heavy atom. The Balaban J connectivity index is 1.37. The minimum Gasteiger partial charge on any atom is -0.353 e. The van der Waals surface area contributed by atoms with Crippen LogP contribution in [0, 0.1) is 5.92 Å². The summed E-state index contributed by atoms with van der Waals surface area (Å²) >= 11 is 6.08. The minimum absolute atomic E-state index is 0.160. The minimum atomic E-state index is 0.160. The Hall–Kier alpha value is -1.16. The molecule has 1 N–H and O–H groups in total. The van der Waals surface area contributed by atoms with Crippen molar-refractivity contribution in [2.45, 2.75) is 76.2 Å². The normalized spacial score (nSPS) is 27.3. The van der Waals surface area contributed by atoms with E-state index >= 15 is 0 Å². The number of carbonyl (C=O) groups excluding carboxylic acids is 1. The zero-order valence-electron chi connectivity index (χ0n) is 13.5. The molecule has 5 heteroatoms. The van der Waals surface area contributed by atoms with Crippen molar-refractivity contribution in [1.82, 2.24) is 15.3 Å². The summed E-state index contributed by atoms with van der Waals surface area (Å²) in [7, 11) is 0. The van der Waals surface area contributed by atoms with E-state index in [2.05, 4.69) is 15.3 Å². The van der Waals surface area contributed by atoms with Gasteiger partial charge in [0, 0.05) is 23.6 Å². The van der Waals surface area contributed by atoms with Gasteiger partial charge in [0.1, 0.15) is 0 Å². The highest BCUT2D eigenvalue weighted by Gasteiger charge is 2.39. The number of hydrogen-bond acceptors (Lipinski definition) is 3. The summed E-state index contributed by atoms with van der Waals surface area (Å²) < 4.78 is 0. The molecule has 0 aromatic carbocycles. The van der Waals surface area contributed by atoms with E-state index in [0.29, 0.717) is 17.2 Å². The van der Waals surface area contributed by atoms with Crippen LogP contribution in [-0.4, -0.2) is 21.9 Å². The third-order valence-electron chi connectivity index (χ3n) is 5.78. The van der Waals surface area contributed by atoms with Crippen LogP contribution in [-0.2, 0) is 17.6 Å². The van der Waals surface area contributed by atoms with E-state index in [4.69, 9.17) is 11.6 Å². The number of aryl methyl sites for hydroxylation is 1. The van der Waals surface area contributed by atoms with E-state index in [1.54, 1.807) is 0 Å². The molecule has 0 radical (unpaired) electrons. The second-order valence-electron chi connectivity index (χ2n) is 7.37. The van der Waals surface area contributed by atoms with Crippen LogP contribution in [0.15, 0.2) is 0 Å². The van der Waals surface area contributed by atoms with Gasteiger partial charge in [0.15, 0.2) is 0 Å². The van der Waals surface area contributed by atoms with Crippen molar-refractivity contribution >= 4 is 17.5 Å². The molecule has 1 heterocycles. The lowest BCUT2D eigenvalue weighted by molar-refractivity contribution is -0.129. The van der Waals surface area contributed by atoms with Crippen molar-refractivity contribution in [3.8, 4) is 0 Å². The van der Waals surface area contributed by atoms with Crippen LogP contribution in [0.2, 0.25) is 5.28 Å². The molecule has 2 saturated carbocycles. The summed E-state index contributed by atoms with van der Waals surface area (Å²) in [5.74, 6) is 0.808. The Kier molecular flexibility index (Phi) is 4.27. The number of halogens is 1. The largest absolute Gasteiger partial charge is 0.353 e. The first-order valence-electron chi connectivity index (χ1n) is 9.06. The number of hydrogen-bond donors (Lipinski definition) is 1. The third kappa shape index (κ3) is 3.10. The molecular formula is C18H24ClN3O. The second-order valence-corrected chi connectivity index (χ2v) is 7.70. The van der Waals surface area contributed by atoms with Crippen LogP contribution in [0.25, 0.3) is 0 Å². The molecule has 1 aromatic heterocycles. The SMILES string of the molecule is O=C(NC1CCCCC1)C1CC(c2nc(Cl)nc3c2CCC3)C1. The third-order valence-corrected chi connectivity index (χ3v) is 5.95.